The van der Waals surface area contributed by atoms with E-state index in [0.717, 1.165) is 25.1 Å². The van der Waals surface area contributed by atoms with Crippen molar-refractivity contribution in [2.24, 2.45) is 0 Å². The SMILES string of the molecule is CCNCc1ccc(OC)c(OCc2nc(CC)no2)c1. The number of benzene rings is 1. The Kier molecular flexibility index (Phi) is 5.57. The van der Waals surface area contributed by atoms with Gasteiger partial charge in [0.25, 0.3) is 5.89 Å². The van der Waals surface area contributed by atoms with Crippen molar-refractivity contribution in [1.82, 2.24) is 15.5 Å². The molecule has 6 heteroatoms. The summed E-state index contributed by atoms with van der Waals surface area (Å²) in [6.45, 7) is 5.99. The van der Waals surface area contributed by atoms with Crippen molar-refractivity contribution < 1.29 is 14.0 Å². The minimum atomic E-state index is 0.230. The summed E-state index contributed by atoms with van der Waals surface area (Å²) in [5.41, 5.74) is 1.13. The molecule has 0 amide bonds. The van der Waals surface area contributed by atoms with Crippen LogP contribution in [0.4, 0.5) is 0 Å². The van der Waals surface area contributed by atoms with E-state index >= 15 is 0 Å². The van der Waals surface area contributed by atoms with Crippen LogP contribution in [0.15, 0.2) is 22.7 Å². The highest BCUT2D eigenvalue weighted by Gasteiger charge is 2.09. The second kappa shape index (κ2) is 7.64. The Hall–Kier alpha value is -2.08. The standard InChI is InChI=1S/C15H21N3O3/c1-4-14-17-15(21-18-14)10-20-13-8-11(9-16-5-2)6-7-12(13)19-3/h6-8,16H,4-5,9-10H2,1-3H3. The van der Waals surface area contributed by atoms with Crippen LogP contribution in [0.25, 0.3) is 0 Å². The molecule has 1 N–H and O–H groups in total. The molecule has 0 spiro atoms. The summed E-state index contributed by atoms with van der Waals surface area (Å²) in [6, 6.07) is 5.86. The van der Waals surface area contributed by atoms with E-state index in [-0.39, 0.29) is 6.61 Å². The molecule has 0 fully saturated rings. The normalized spacial score (nSPS) is 10.6. The van der Waals surface area contributed by atoms with Crippen LogP contribution < -0.4 is 14.8 Å². The van der Waals surface area contributed by atoms with Crippen LogP contribution in [-0.4, -0.2) is 23.8 Å². The van der Waals surface area contributed by atoms with Gasteiger partial charge in [0, 0.05) is 13.0 Å². The molecule has 1 aromatic heterocycles. The van der Waals surface area contributed by atoms with Gasteiger partial charge in [-0.2, -0.15) is 4.98 Å². The first kappa shape index (κ1) is 15.3. The lowest BCUT2D eigenvalue weighted by Gasteiger charge is -2.11. The van der Waals surface area contributed by atoms with E-state index < -0.39 is 0 Å². The lowest BCUT2D eigenvalue weighted by atomic mass is 10.2. The van der Waals surface area contributed by atoms with Crippen LogP contribution in [0.2, 0.25) is 0 Å². The Morgan fingerprint density at radius 3 is 2.76 bits per heavy atom. The quantitative estimate of drug-likeness (QED) is 0.805. The minimum Gasteiger partial charge on any atom is -0.493 e. The average Bonchev–Trinajstić information content (AvgIpc) is 2.99. The molecule has 2 aromatic rings. The molecule has 0 aliphatic rings. The van der Waals surface area contributed by atoms with Crippen molar-refractivity contribution >= 4 is 0 Å². The molecular formula is C15H21N3O3. The fourth-order valence-electron chi connectivity index (χ4n) is 1.85. The molecule has 114 valence electrons. The van der Waals surface area contributed by atoms with E-state index in [9.17, 15) is 0 Å². The second-order valence-corrected chi connectivity index (χ2v) is 4.51. The lowest BCUT2D eigenvalue weighted by molar-refractivity contribution is 0.233. The first-order chi connectivity index (χ1) is 10.3. The monoisotopic (exact) mass is 291 g/mol. The maximum atomic E-state index is 5.74. The van der Waals surface area contributed by atoms with Crippen molar-refractivity contribution in [1.29, 1.82) is 0 Å². The molecule has 0 bridgehead atoms. The summed E-state index contributed by atoms with van der Waals surface area (Å²) < 4.78 is 16.2. The van der Waals surface area contributed by atoms with Gasteiger partial charge in [0.05, 0.1) is 7.11 Å². The third-order valence-corrected chi connectivity index (χ3v) is 2.98. The van der Waals surface area contributed by atoms with Crippen LogP contribution in [0.5, 0.6) is 11.5 Å². The second-order valence-electron chi connectivity index (χ2n) is 4.51. The fourth-order valence-corrected chi connectivity index (χ4v) is 1.85. The van der Waals surface area contributed by atoms with Crippen LogP contribution in [0.1, 0.15) is 31.1 Å². The predicted octanol–water partition coefficient (Wildman–Crippen LogP) is 2.33. The molecule has 1 aromatic carbocycles. The zero-order chi connectivity index (χ0) is 15.1. The topological polar surface area (TPSA) is 69.4 Å². The lowest BCUT2D eigenvalue weighted by Crippen LogP contribution is -2.11. The van der Waals surface area contributed by atoms with Gasteiger partial charge in [-0.3, -0.25) is 0 Å². The van der Waals surface area contributed by atoms with Gasteiger partial charge in [0.15, 0.2) is 23.9 Å². The Bertz CT molecular complexity index is 569. The summed E-state index contributed by atoms with van der Waals surface area (Å²) in [7, 11) is 1.62. The van der Waals surface area contributed by atoms with Gasteiger partial charge < -0.3 is 19.3 Å². The summed E-state index contributed by atoms with van der Waals surface area (Å²) >= 11 is 0. The molecule has 0 aliphatic carbocycles. The molecular weight excluding hydrogens is 270 g/mol. The van der Waals surface area contributed by atoms with E-state index in [1.54, 1.807) is 7.11 Å². The summed E-state index contributed by atoms with van der Waals surface area (Å²) in [5.74, 6) is 2.50. The summed E-state index contributed by atoms with van der Waals surface area (Å²) in [4.78, 5) is 4.22. The number of methoxy groups -OCH3 is 1. The predicted molar refractivity (Wildman–Crippen MR) is 78.4 cm³/mol. The molecule has 0 aliphatic heterocycles. The summed E-state index contributed by atoms with van der Waals surface area (Å²) in [5, 5.41) is 7.12. The Balaban J connectivity index is 2.05. The van der Waals surface area contributed by atoms with Gasteiger partial charge in [-0.15, -0.1) is 0 Å². The smallest absolute Gasteiger partial charge is 0.264 e. The third kappa shape index (κ3) is 4.19. The van der Waals surface area contributed by atoms with E-state index in [1.807, 2.05) is 25.1 Å². The largest absolute Gasteiger partial charge is 0.493 e. The molecule has 0 unspecified atom stereocenters. The van der Waals surface area contributed by atoms with Gasteiger partial charge in [-0.25, -0.2) is 0 Å². The fraction of sp³-hybridized carbons (Fsp3) is 0.467. The minimum absolute atomic E-state index is 0.230. The molecule has 0 saturated heterocycles. The van der Waals surface area contributed by atoms with Crippen molar-refractivity contribution in [2.75, 3.05) is 13.7 Å². The molecule has 0 atom stereocenters. The third-order valence-electron chi connectivity index (χ3n) is 2.98. The van der Waals surface area contributed by atoms with Crippen molar-refractivity contribution in [2.45, 2.75) is 33.4 Å². The number of nitrogens with zero attached hydrogens (tertiary/aromatic N) is 2. The molecule has 0 saturated carbocycles. The molecule has 21 heavy (non-hydrogen) atoms. The van der Waals surface area contributed by atoms with Crippen LogP contribution in [0, 0.1) is 0 Å². The number of aryl methyl sites for hydroxylation is 1. The van der Waals surface area contributed by atoms with Gasteiger partial charge >= 0.3 is 0 Å². The van der Waals surface area contributed by atoms with Crippen molar-refractivity contribution in [3.8, 4) is 11.5 Å². The summed E-state index contributed by atoms with van der Waals surface area (Å²) in [6.07, 6.45) is 0.741. The Morgan fingerprint density at radius 2 is 2.10 bits per heavy atom. The number of nitrogens with one attached hydrogen (secondary N) is 1. The zero-order valence-electron chi connectivity index (χ0n) is 12.7. The van der Waals surface area contributed by atoms with E-state index in [1.165, 1.54) is 0 Å². The first-order valence-corrected chi connectivity index (χ1v) is 7.08. The highest BCUT2D eigenvalue weighted by Crippen LogP contribution is 2.28. The van der Waals surface area contributed by atoms with Gasteiger partial charge in [-0.05, 0) is 24.2 Å². The zero-order valence-corrected chi connectivity index (χ0v) is 12.7. The number of hydrogen-bond acceptors (Lipinski definition) is 6. The highest BCUT2D eigenvalue weighted by molar-refractivity contribution is 5.42. The van der Waals surface area contributed by atoms with E-state index in [0.29, 0.717) is 23.2 Å². The van der Waals surface area contributed by atoms with E-state index in [2.05, 4.69) is 22.4 Å². The number of hydrogen-bond donors (Lipinski definition) is 1. The Labute approximate surface area is 124 Å². The number of aromatic nitrogens is 2. The molecule has 6 nitrogen and oxygen atoms in total. The highest BCUT2D eigenvalue weighted by atomic mass is 16.5. The van der Waals surface area contributed by atoms with Crippen molar-refractivity contribution in [3.63, 3.8) is 0 Å². The van der Waals surface area contributed by atoms with Gasteiger partial charge in [0.2, 0.25) is 0 Å². The van der Waals surface area contributed by atoms with Gasteiger partial charge in [0.1, 0.15) is 0 Å². The molecule has 1 heterocycles. The number of rotatable bonds is 8. The van der Waals surface area contributed by atoms with E-state index in [4.69, 9.17) is 14.0 Å². The average molecular weight is 291 g/mol. The van der Waals surface area contributed by atoms with Crippen LogP contribution in [-0.2, 0) is 19.6 Å². The van der Waals surface area contributed by atoms with Crippen LogP contribution >= 0.6 is 0 Å². The molecule has 2 rings (SSSR count). The Morgan fingerprint density at radius 1 is 1.24 bits per heavy atom. The molecule has 0 radical (unpaired) electrons. The number of ether oxygens (including phenoxy) is 2. The maximum Gasteiger partial charge on any atom is 0.264 e. The first-order valence-electron chi connectivity index (χ1n) is 7.08. The van der Waals surface area contributed by atoms with Crippen molar-refractivity contribution in [3.05, 3.63) is 35.5 Å². The maximum absolute atomic E-state index is 5.74. The van der Waals surface area contributed by atoms with Gasteiger partial charge in [-0.1, -0.05) is 25.1 Å². The van der Waals surface area contributed by atoms with Crippen LogP contribution in [0.3, 0.4) is 0 Å².